The number of ether oxygens (including phenoxy) is 1. The van der Waals surface area contributed by atoms with E-state index in [0.717, 1.165) is 5.56 Å². The van der Waals surface area contributed by atoms with Gasteiger partial charge in [0, 0.05) is 0 Å². The molecular formula is C19H19N3O5S. The number of amides is 1. The smallest absolute Gasteiger partial charge is 0.324 e. The number of anilines is 1. The Balaban J connectivity index is 1.91. The Bertz CT molecular complexity index is 1010. The molecule has 8 nitrogen and oxygen atoms in total. The number of nitriles is 1. The summed E-state index contributed by atoms with van der Waals surface area (Å²) in [6, 6.07) is 13.2. The van der Waals surface area contributed by atoms with Gasteiger partial charge in [0.15, 0.2) is 6.61 Å². The number of sulfonamides is 1. The first kappa shape index (κ1) is 21.1. The number of nitrogens with one attached hydrogen (secondary N) is 2. The molecule has 2 aromatic rings. The molecule has 1 amide bonds. The maximum Gasteiger partial charge on any atom is 0.324 e. The molecule has 0 radical (unpaired) electrons. The van der Waals surface area contributed by atoms with E-state index in [0.29, 0.717) is 5.69 Å². The Labute approximate surface area is 163 Å². The van der Waals surface area contributed by atoms with Crippen molar-refractivity contribution in [3.63, 3.8) is 0 Å². The molecule has 1 unspecified atom stereocenters. The third-order valence-electron chi connectivity index (χ3n) is 3.68. The van der Waals surface area contributed by atoms with Gasteiger partial charge in [-0.15, -0.1) is 0 Å². The second-order valence-electron chi connectivity index (χ2n) is 5.97. The maximum absolute atomic E-state index is 12.3. The van der Waals surface area contributed by atoms with Gasteiger partial charge in [-0.3, -0.25) is 9.59 Å². The zero-order valence-corrected chi connectivity index (χ0v) is 16.1. The van der Waals surface area contributed by atoms with Crippen LogP contribution in [0.15, 0.2) is 53.4 Å². The molecule has 0 aliphatic heterocycles. The maximum atomic E-state index is 12.3. The topological polar surface area (TPSA) is 125 Å². The van der Waals surface area contributed by atoms with E-state index in [4.69, 9.17) is 10.00 Å². The van der Waals surface area contributed by atoms with E-state index in [1.807, 2.05) is 13.0 Å². The molecule has 2 rings (SSSR count). The van der Waals surface area contributed by atoms with Gasteiger partial charge in [0.1, 0.15) is 12.1 Å². The quantitative estimate of drug-likeness (QED) is 0.681. The summed E-state index contributed by atoms with van der Waals surface area (Å²) in [6.45, 7) is 2.52. The number of esters is 1. The van der Waals surface area contributed by atoms with Crippen LogP contribution in [-0.4, -0.2) is 32.9 Å². The van der Waals surface area contributed by atoms with Gasteiger partial charge in [-0.2, -0.15) is 9.98 Å². The number of hydrogen-bond donors (Lipinski definition) is 2. The van der Waals surface area contributed by atoms with Crippen molar-refractivity contribution >= 4 is 27.6 Å². The highest BCUT2D eigenvalue weighted by atomic mass is 32.2. The molecule has 0 fully saturated rings. The van der Waals surface area contributed by atoms with Crippen molar-refractivity contribution in [1.82, 2.24) is 4.72 Å². The highest BCUT2D eigenvalue weighted by molar-refractivity contribution is 7.89. The Morgan fingerprint density at radius 2 is 1.79 bits per heavy atom. The summed E-state index contributed by atoms with van der Waals surface area (Å²) in [6.07, 6.45) is 0. The van der Waals surface area contributed by atoms with E-state index in [1.54, 1.807) is 24.3 Å². The van der Waals surface area contributed by atoms with Gasteiger partial charge in [0.2, 0.25) is 10.0 Å². The number of nitrogens with zero attached hydrogens (tertiary/aromatic N) is 1. The predicted molar refractivity (Wildman–Crippen MR) is 102 cm³/mol. The van der Waals surface area contributed by atoms with Crippen LogP contribution >= 0.6 is 0 Å². The summed E-state index contributed by atoms with van der Waals surface area (Å²) >= 11 is 0. The Kier molecular flexibility index (Phi) is 6.87. The van der Waals surface area contributed by atoms with Crippen LogP contribution in [0.1, 0.15) is 18.1 Å². The summed E-state index contributed by atoms with van der Waals surface area (Å²) in [5, 5.41) is 11.4. The van der Waals surface area contributed by atoms with Crippen molar-refractivity contribution in [2.24, 2.45) is 0 Å². The fourth-order valence-electron chi connectivity index (χ4n) is 2.20. The molecule has 28 heavy (non-hydrogen) atoms. The van der Waals surface area contributed by atoms with E-state index >= 15 is 0 Å². The summed E-state index contributed by atoms with van der Waals surface area (Å²) in [7, 11) is -3.90. The number of carbonyl (C=O) groups excluding carboxylic acids is 2. The second kappa shape index (κ2) is 9.12. The molecule has 1 atom stereocenters. The molecule has 0 heterocycles. The lowest BCUT2D eigenvalue weighted by Gasteiger charge is -2.14. The van der Waals surface area contributed by atoms with Crippen LogP contribution in [0.4, 0.5) is 5.69 Å². The third kappa shape index (κ3) is 5.64. The fourth-order valence-corrected chi connectivity index (χ4v) is 3.40. The Morgan fingerprint density at radius 3 is 2.43 bits per heavy atom. The van der Waals surface area contributed by atoms with Crippen molar-refractivity contribution in [3.05, 3.63) is 59.7 Å². The minimum atomic E-state index is -3.90. The van der Waals surface area contributed by atoms with Crippen LogP contribution in [0.2, 0.25) is 0 Å². The molecule has 0 aliphatic rings. The SMILES string of the molecule is Cc1ccc(S(=O)(=O)NC(C)C(=O)OCC(=O)Nc2ccccc2C#N)cc1. The van der Waals surface area contributed by atoms with Gasteiger partial charge < -0.3 is 10.1 Å². The zero-order chi connectivity index (χ0) is 20.7. The van der Waals surface area contributed by atoms with Crippen LogP contribution in [0.5, 0.6) is 0 Å². The molecule has 2 aromatic carbocycles. The third-order valence-corrected chi connectivity index (χ3v) is 5.24. The molecule has 2 N–H and O–H groups in total. The van der Waals surface area contributed by atoms with E-state index in [-0.39, 0.29) is 10.5 Å². The van der Waals surface area contributed by atoms with E-state index in [1.165, 1.54) is 31.2 Å². The minimum Gasteiger partial charge on any atom is -0.454 e. The first-order chi connectivity index (χ1) is 13.2. The molecule has 0 saturated heterocycles. The first-order valence-corrected chi connectivity index (χ1v) is 9.76. The van der Waals surface area contributed by atoms with Crippen LogP contribution < -0.4 is 10.0 Å². The van der Waals surface area contributed by atoms with Gasteiger partial charge in [0.25, 0.3) is 5.91 Å². The molecule has 0 saturated carbocycles. The van der Waals surface area contributed by atoms with Gasteiger partial charge in [-0.25, -0.2) is 8.42 Å². The number of rotatable bonds is 7. The normalized spacial score (nSPS) is 11.9. The van der Waals surface area contributed by atoms with E-state index in [9.17, 15) is 18.0 Å². The van der Waals surface area contributed by atoms with E-state index < -0.39 is 34.5 Å². The zero-order valence-electron chi connectivity index (χ0n) is 15.3. The largest absolute Gasteiger partial charge is 0.454 e. The van der Waals surface area contributed by atoms with Gasteiger partial charge in [0.05, 0.1) is 16.1 Å². The van der Waals surface area contributed by atoms with Gasteiger partial charge in [-0.05, 0) is 38.1 Å². The molecular weight excluding hydrogens is 382 g/mol. The molecule has 0 bridgehead atoms. The average Bonchev–Trinajstić information content (AvgIpc) is 2.66. The molecule has 146 valence electrons. The molecule has 9 heteroatoms. The van der Waals surface area contributed by atoms with Crippen molar-refractivity contribution in [2.75, 3.05) is 11.9 Å². The minimum absolute atomic E-state index is 0.0172. The first-order valence-electron chi connectivity index (χ1n) is 8.27. The lowest BCUT2D eigenvalue weighted by Crippen LogP contribution is -2.40. The van der Waals surface area contributed by atoms with Crippen LogP contribution in [0.25, 0.3) is 0 Å². The summed E-state index contributed by atoms with van der Waals surface area (Å²) < 4.78 is 31.6. The number of aryl methyl sites for hydroxylation is 1. The second-order valence-corrected chi connectivity index (χ2v) is 7.68. The van der Waals surface area contributed by atoms with E-state index in [2.05, 4.69) is 10.0 Å². The summed E-state index contributed by atoms with van der Waals surface area (Å²) in [5.41, 5.74) is 1.45. The van der Waals surface area contributed by atoms with Gasteiger partial charge in [-0.1, -0.05) is 29.8 Å². The standard InChI is InChI=1S/C19H19N3O5S/c1-13-7-9-16(10-8-13)28(25,26)22-14(2)19(24)27-12-18(23)21-17-6-4-3-5-15(17)11-20/h3-10,14,22H,12H2,1-2H3,(H,21,23). The number of carbonyl (C=O) groups is 2. The highest BCUT2D eigenvalue weighted by Gasteiger charge is 2.23. The molecule has 0 spiro atoms. The molecule has 0 aromatic heterocycles. The monoisotopic (exact) mass is 401 g/mol. The van der Waals surface area contributed by atoms with Crippen molar-refractivity contribution in [2.45, 2.75) is 24.8 Å². The number of hydrogen-bond acceptors (Lipinski definition) is 6. The number of para-hydroxylation sites is 1. The summed E-state index contributed by atoms with van der Waals surface area (Å²) in [5.74, 6) is -1.55. The van der Waals surface area contributed by atoms with Gasteiger partial charge >= 0.3 is 5.97 Å². The number of benzene rings is 2. The lowest BCUT2D eigenvalue weighted by atomic mass is 10.2. The van der Waals surface area contributed by atoms with Crippen LogP contribution in [0.3, 0.4) is 0 Å². The van der Waals surface area contributed by atoms with Crippen LogP contribution in [0, 0.1) is 18.3 Å². The average molecular weight is 401 g/mol. The lowest BCUT2D eigenvalue weighted by molar-refractivity contribution is -0.148. The van der Waals surface area contributed by atoms with Crippen LogP contribution in [-0.2, 0) is 24.3 Å². The highest BCUT2D eigenvalue weighted by Crippen LogP contribution is 2.13. The van der Waals surface area contributed by atoms with Crippen molar-refractivity contribution < 1.29 is 22.7 Å². The summed E-state index contributed by atoms with van der Waals surface area (Å²) in [4.78, 5) is 23.9. The Morgan fingerprint density at radius 1 is 1.14 bits per heavy atom. The Hall–Kier alpha value is -3.22. The predicted octanol–water partition coefficient (Wildman–Crippen LogP) is 1.72. The molecule has 0 aliphatic carbocycles. The van der Waals surface area contributed by atoms with Crippen molar-refractivity contribution in [3.8, 4) is 6.07 Å². The van der Waals surface area contributed by atoms with Crippen molar-refractivity contribution in [1.29, 1.82) is 5.26 Å². The fraction of sp³-hybridized carbons (Fsp3) is 0.211.